The van der Waals surface area contributed by atoms with E-state index in [-0.39, 0.29) is 5.56 Å². The van der Waals surface area contributed by atoms with E-state index in [0.29, 0.717) is 5.56 Å². The van der Waals surface area contributed by atoms with Crippen molar-refractivity contribution in [1.82, 2.24) is 0 Å². The highest BCUT2D eigenvalue weighted by Crippen LogP contribution is 2.24. The third-order valence-electron chi connectivity index (χ3n) is 1.66. The van der Waals surface area contributed by atoms with Gasteiger partial charge in [-0.2, -0.15) is 0 Å². The zero-order chi connectivity index (χ0) is 10.0. The number of rotatable bonds is 1. The van der Waals surface area contributed by atoms with Crippen LogP contribution in [0.15, 0.2) is 24.0 Å². The van der Waals surface area contributed by atoms with Gasteiger partial charge in [-0.05, 0) is 31.5 Å². The molecule has 0 aliphatic heterocycles. The summed E-state index contributed by atoms with van der Waals surface area (Å²) in [6.07, 6.45) is 0. The first-order valence-corrected chi connectivity index (χ1v) is 3.80. The highest BCUT2D eigenvalue weighted by molar-refractivity contribution is 5.61. The quantitative estimate of drug-likeness (QED) is 0.626. The molecule has 0 amide bonds. The average Bonchev–Trinajstić information content (AvgIpc) is 2.03. The normalized spacial score (nSPS) is 12.7. The SMILES string of the molecule is C/C(F)=C(\F)c1ccc(C)cc1F. The number of halogens is 3. The molecule has 0 radical (unpaired) electrons. The van der Waals surface area contributed by atoms with Crippen molar-refractivity contribution in [1.29, 1.82) is 0 Å². The predicted molar refractivity (Wildman–Crippen MR) is 45.9 cm³/mol. The van der Waals surface area contributed by atoms with Gasteiger partial charge in [-0.15, -0.1) is 0 Å². The number of hydrogen-bond acceptors (Lipinski definition) is 0. The minimum Gasteiger partial charge on any atom is -0.209 e. The molecule has 70 valence electrons. The molecule has 13 heavy (non-hydrogen) atoms. The summed E-state index contributed by atoms with van der Waals surface area (Å²) in [6.45, 7) is 2.63. The predicted octanol–water partition coefficient (Wildman–Crippen LogP) is 3.76. The van der Waals surface area contributed by atoms with Gasteiger partial charge in [0.25, 0.3) is 0 Å². The van der Waals surface area contributed by atoms with Gasteiger partial charge in [0.2, 0.25) is 0 Å². The lowest BCUT2D eigenvalue weighted by molar-refractivity contribution is 0.585. The average molecular weight is 186 g/mol. The summed E-state index contributed by atoms with van der Waals surface area (Å²) in [4.78, 5) is 0. The van der Waals surface area contributed by atoms with Crippen LogP contribution in [0.1, 0.15) is 18.1 Å². The summed E-state index contributed by atoms with van der Waals surface area (Å²) in [5, 5.41) is 0. The minimum absolute atomic E-state index is 0.328. The van der Waals surface area contributed by atoms with E-state index < -0.39 is 17.5 Å². The molecular weight excluding hydrogens is 177 g/mol. The first kappa shape index (κ1) is 9.84. The molecule has 0 N–H and O–H groups in total. The van der Waals surface area contributed by atoms with E-state index in [1.165, 1.54) is 12.1 Å². The Morgan fingerprint density at radius 2 is 1.85 bits per heavy atom. The summed E-state index contributed by atoms with van der Waals surface area (Å²) in [7, 11) is 0. The van der Waals surface area contributed by atoms with Gasteiger partial charge in [0.1, 0.15) is 11.6 Å². The fourth-order valence-corrected chi connectivity index (χ4v) is 0.984. The second-order valence-electron chi connectivity index (χ2n) is 2.83. The van der Waals surface area contributed by atoms with Gasteiger partial charge >= 0.3 is 0 Å². The number of benzene rings is 1. The minimum atomic E-state index is -1.14. The molecule has 0 fully saturated rings. The van der Waals surface area contributed by atoms with Crippen LogP contribution in [0.4, 0.5) is 13.2 Å². The van der Waals surface area contributed by atoms with Gasteiger partial charge in [-0.1, -0.05) is 6.07 Å². The Kier molecular flexibility index (Phi) is 2.76. The summed E-state index contributed by atoms with van der Waals surface area (Å²) >= 11 is 0. The Labute approximate surface area is 74.7 Å². The molecule has 0 aromatic heterocycles. The zero-order valence-corrected chi connectivity index (χ0v) is 7.37. The largest absolute Gasteiger partial charge is 0.209 e. The van der Waals surface area contributed by atoms with E-state index in [9.17, 15) is 13.2 Å². The maximum Gasteiger partial charge on any atom is 0.164 e. The smallest absolute Gasteiger partial charge is 0.164 e. The molecule has 0 nitrogen and oxygen atoms in total. The number of aryl methyl sites for hydroxylation is 1. The molecule has 0 saturated carbocycles. The topological polar surface area (TPSA) is 0 Å². The van der Waals surface area contributed by atoms with Crippen molar-refractivity contribution in [2.24, 2.45) is 0 Å². The molecule has 0 heterocycles. The molecule has 0 saturated heterocycles. The van der Waals surface area contributed by atoms with Crippen LogP contribution in [-0.4, -0.2) is 0 Å². The molecule has 0 unspecified atom stereocenters. The van der Waals surface area contributed by atoms with Crippen molar-refractivity contribution in [3.8, 4) is 0 Å². The van der Waals surface area contributed by atoms with Crippen LogP contribution in [0.3, 0.4) is 0 Å². The number of hydrogen-bond donors (Lipinski definition) is 0. The van der Waals surface area contributed by atoms with Crippen molar-refractivity contribution in [3.05, 3.63) is 41.0 Å². The van der Waals surface area contributed by atoms with Gasteiger partial charge in [-0.3, -0.25) is 0 Å². The Bertz CT molecular complexity index is 349. The Balaban J connectivity index is 3.25. The standard InChI is InChI=1S/C10H9F3/c1-6-3-4-8(9(12)5-6)10(13)7(2)11/h3-5H,1-2H3/b10-7+. The Morgan fingerprint density at radius 1 is 1.23 bits per heavy atom. The van der Waals surface area contributed by atoms with Crippen LogP contribution < -0.4 is 0 Å². The zero-order valence-electron chi connectivity index (χ0n) is 7.37. The maximum absolute atomic E-state index is 13.0. The maximum atomic E-state index is 13.0. The van der Waals surface area contributed by atoms with Crippen LogP contribution in [0.25, 0.3) is 5.83 Å². The third kappa shape index (κ3) is 2.11. The van der Waals surface area contributed by atoms with Crippen molar-refractivity contribution < 1.29 is 13.2 Å². The highest BCUT2D eigenvalue weighted by Gasteiger charge is 2.10. The summed E-state index contributed by atoms with van der Waals surface area (Å²) in [5.74, 6) is -2.89. The van der Waals surface area contributed by atoms with Gasteiger partial charge in [0.05, 0.1) is 0 Å². The number of allylic oxidation sites excluding steroid dienone is 1. The Morgan fingerprint density at radius 3 is 2.31 bits per heavy atom. The second kappa shape index (κ2) is 3.64. The van der Waals surface area contributed by atoms with Gasteiger partial charge in [-0.25, -0.2) is 13.2 Å². The lowest BCUT2D eigenvalue weighted by atomic mass is 10.1. The lowest BCUT2D eigenvalue weighted by Gasteiger charge is -2.01. The first-order chi connectivity index (χ1) is 6.02. The molecular formula is C10H9F3. The molecule has 0 bridgehead atoms. The monoisotopic (exact) mass is 186 g/mol. The van der Waals surface area contributed by atoms with E-state index in [1.807, 2.05) is 0 Å². The Hall–Kier alpha value is -1.25. The van der Waals surface area contributed by atoms with Crippen molar-refractivity contribution in [2.45, 2.75) is 13.8 Å². The van der Waals surface area contributed by atoms with Crippen LogP contribution in [0.5, 0.6) is 0 Å². The van der Waals surface area contributed by atoms with Crippen molar-refractivity contribution >= 4 is 5.83 Å². The molecule has 1 rings (SSSR count). The molecule has 1 aromatic carbocycles. The third-order valence-corrected chi connectivity index (χ3v) is 1.66. The van der Waals surface area contributed by atoms with E-state index in [4.69, 9.17) is 0 Å². The summed E-state index contributed by atoms with van der Waals surface area (Å²) in [6, 6.07) is 3.92. The lowest BCUT2D eigenvalue weighted by Crippen LogP contribution is -1.88. The highest BCUT2D eigenvalue weighted by atomic mass is 19.2. The fraction of sp³-hybridized carbons (Fsp3) is 0.200. The first-order valence-electron chi connectivity index (χ1n) is 3.80. The molecule has 1 aromatic rings. The fourth-order valence-electron chi connectivity index (χ4n) is 0.984. The van der Waals surface area contributed by atoms with Crippen LogP contribution in [-0.2, 0) is 0 Å². The molecule has 3 heteroatoms. The van der Waals surface area contributed by atoms with E-state index in [1.54, 1.807) is 6.92 Å². The van der Waals surface area contributed by atoms with Gasteiger partial charge in [0, 0.05) is 5.56 Å². The van der Waals surface area contributed by atoms with Crippen LogP contribution in [0.2, 0.25) is 0 Å². The van der Waals surface area contributed by atoms with Crippen LogP contribution >= 0.6 is 0 Å². The molecule has 0 aliphatic rings. The van der Waals surface area contributed by atoms with E-state index in [2.05, 4.69) is 0 Å². The van der Waals surface area contributed by atoms with Crippen molar-refractivity contribution in [3.63, 3.8) is 0 Å². The van der Waals surface area contributed by atoms with Crippen LogP contribution in [0, 0.1) is 12.7 Å². The van der Waals surface area contributed by atoms with E-state index in [0.717, 1.165) is 13.0 Å². The molecule has 0 atom stereocenters. The van der Waals surface area contributed by atoms with Gasteiger partial charge in [0.15, 0.2) is 5.83 Å². The summed E-state index contributed by atoms with van der Waals surface area (Å²) in [5.41, 5.74) is 0.344. The van der Waals surface area contributed by atoms with Gasteiger partial charge < -0.3 is 0 Å². The van der Waals surface area contributed by atoms with Crippen molar-refractivity contribution in [2.75, 3.05) is 0 Å². The van der Waals surface area contributed by atoms with E-state index >= 15 is 0 Å². The second-order valence-corrected chi connectivity index (χ2v) is 2.83. The summed E-state index contributed by atoms with van der Waals surface area (Å²) < 4.78 is 38.3. The molecule has 0 spiro atoms. The molecule has 0 aliphatic carbocycles.